The summed E-state index contributed by atoms with van der Waals surface area (Å²) in [6.45, 7) is 0. The number of nitrogens with one attached hydrogen (secondary N) is 1. The van der Waals surface area contributed by atoms with Crippen LogP contribution >= 0.6 is 23.2 Å². The Bertz CT molecular complexity index is 5100. The second-order valence-corrected chi connectivity index (χ2v) is 21.6. The molecule has 19 heteroatoms. The van der Waals surface area contributed by atoms with Gasteiger partial charge in [-0.05, 0) is 156 Å². The van der Waals surface area contributed by atoms with Gasteiger partial charge in [0.2, 0.25) is 0 Å². The molecular weight excluding hydrogens is 1210 g/mol. The van der Waals surface area contributed by atoms with E-state index in [0.717, 1.165) is 0 Å². The molecular formula is C72H39Cl2F4N5O8. The van der Waals surface area contributed by atoms with Crippen LogP contribution in [-0.2, 0) is 0 Å². The first-order valence-electron chi connectivity index (χ1n) is 27.9. The lowest BCUT2D eigenvalue weighted by Gasteiger charge is -2.24. The number of fused-ring (bicyclic) bond motifs is 2. The molecule has 10 aromatic rings. The number of benzene rings is 8. The van der Waals surface area contributed by atoms with Crippen molar-refractivity contribution in [3.05, 3.63) is 342 Å². The van der Waals surface area contributed by atoms with E-state index in [0.29, 0.717) is 78.0 Å². The minimum absolute atomic E-state index is 0.0921. The Morgan fingerprint density at radius 1 is 0.363 bits per heavy atom. The average Bonchev–Trinajstić information content (AvgIpc) is 1.62. The first-order chi connectivity index (χ1) is 44.2. The maximum absolute atomic E-state index is 14.8. The van der Waals surface area contributed by atoms with E-state index in [-0.39, 0.29) is 66.7 Å². The molecule has 4 aliphatic rings. The summed E-state index contributed by atoms with van der Waals surface area (Å²) < 4.78 is 84.5. The Morgan fingerprint density at radius 3 is 1.12 bits per heavy atom. The Labute approximate surface area is 523 Å². The number of ether oxygens (including phenoxy) is 4. The van der Waals surface area contributed by atoms with Crippen molar-refractivity contribution in [2.75, 3.05) is 5.53 Å². The molecule has 6 heterocycles. The fourth-order valence-electron chi connectivity index (χ4n) is 10.9. The molecule has 0 radical (unpaired) electrons. The maximum Gasteiger partial charge on any atom is 0.343 e. The van der Waals surface area contributed by atoms with Crippen molar-refractivity contribution >= 4 is 80.8 Å². The van der Waals surface area contributed by atoms with Crippen LogP contribution in [0.4, 0.5) is 17.6 Å². The van der Waals surface area contributed by atoms with Crippen molar-refractivity contribution in [1.82, 2.24) is 9.35 Å². The maximum atomic E-state index is 14.8. The lowest BCUT2D eigenvalue weighted by molar-refractivity contribution is 0.0718. The van der Waals surface area contributed by atoms with Crippen LogP contribution in [0.5, 0.6) is 23.0 Å². The predicted octanol–water partition coefficient (Wildman–Crippen LogP) is 13.8. The largest absolute Gasteiger partial charge is 0.420 e. The molecule has 6 bridgehead atoms. The minimum atomic E-state index is -0.824. The normalized spacial score (nSPS) is 16.5. The zero-order valence-electron chi connectivity index (χ0n) is 46.8. The van der Waals surface area contributed by atoms with E-state index in [1.54, 1.807) is 94.3 Å². The fraction of sp³-hybridized carbons (Fsp3) is 0. The molecule has 0 fully saturated rings. The molecule has 442 valence electrons. The zero-order chi connectivity index (χ0) is 62.6. The second kappa shape index (κ2) is 23.5. The number of aliphatic imine (C=N–C) groups is 2. The molecule has 0 amide bonds. The van der Waals surface area contributed by atoms with Crippen LogP contribution in [0, 0.1) is 23.3 Å². The highest BCUT2D eigenvalue weighted by Gasteiger charge is 2.33. The van der Waals surface area contributed by atoms with E-state index in [4.69, 9.17) is 52.1 Å². The van der Waals surface area contributed by atoms with Crippen LogP contribution in [0.25, 0.3) is 22.3 Å². The lowest BCUT2D eigenvalue weighted by atomic mass is 9.99. The van der Waals surface area contributed by atoms with Gasteiger partial charge in [-0.25, -0.2) is 61.6 Å². The summed E-state index contributed by atoms with van der Waals surface area (Å²) in [4.78, 5) is 65.1. The van der Waals surface area contributed by atoms with Crippen molar-refractivity contribution < 1.29 is 55.7 Å². The van der Waals surface area contributed by atoms with E-state index in [2.05, 4.69) is 5.53 Å². The highest BCUT2D eigenvalue weighted by Crippen LogP contribution is 2.42. The van der Waals surface area contributed by atoms with Crippen LogP contribution in [0.1, 0.15) is 75.1 Å². The number of esters is 4. The van der Waals surface area contributed by atoms with E-state index < -0.39 is 47.1 Å². The van der Waals surface area contributed by atoms with Crippen molar-refractivity contribution in [3.8, 4) is 23.0 Å². The lowest BCUT2D eigenvalue weighted by Crippen LogP contribution is -2.42. The topological polar surface area (TPSA) is 152 Å². The van der Waals surface area contributed by atoms with Crippen LogP contribution in [0.3, 0.4) is 0 Å². The van der Waals surface area contributed by atoms with Crippen molar-refractivity contribution in [2.45, 2.75) is 0 Å². The molecule has 13 nitrogen and oxygen atoms in total. The summed E-state index contributed by atoms with van der Waals surface area (Å²) in [5.74, 6) is -7.22. The number of para-hydroxylation sites is 4. The molecule has 0 atom stereocenters. The van der Waals surface area contributed by atoms with E-state index in [1.807, 2.05) is 24.3 Å². The number of hydrogen-bond donors (Lipinski definition) is 1. The van der Waals surface area contributed by atoms with Gasteiger partial charge in [0, 0.05) is 22.3 Å². The van der Waals surface area contributed by atoms with Gasteiger partial charge >= 0.3 is 23.9 Å². The van der Waals surface area contributed by atoms with Gasteiger partial charge in [0.25, 0.3) is 0 Å². The van der Waals surface area contributed by atoms with Crippen LogP contribution in [-0.4, -0.2) is 44.7 Å². The molecule has 0 aliphatic carbocycles. The smallest absolute Gasteiger partial charge is 0.343 e. The van der Waals surface area contributed by atoms with E-state index >= 15 is 0 Å². The summed E-state index contributed by atoms with van der Waals surface area (Å²) in [6, 6.07) is 55.2. The molecule has 0 spiro atoms. The molecule has 2 aromatic heterocycles. The average molecular weight is 1250 g/mol. The number of carbonyl (C=O) groups is 4. The second-order valence-electron chi connectivity index (χ2n) is 20.7. The standard InChI is InChI=1S/C72H39Cl2F4N5O8/c73-47-37-53-63(39-17-25-43(26-18-39)69(84)88-59-13-5-1-9-49(59)75)55-33-35-57-65(41-21-29-45(30-22-41)71(86)90-61-15-7-3-11-51(61)77)68-48(74)38-54(80-68)64(40-19-27-44(28-20-40)70(85)89-60-14-6-2-10-50(60)76)56-34-36-58(83(56)81-82(55)57)66(67(47)79-53)42-23-31-46(32-24-42)72(87)91-62-16-8-4-12-52(62)78/h1-38,81H/b63-53-,63-55?,64-54?,64-56+,65-57?,66-58-,67-66?,68-65-. The number of rotatable bonds is 12. The third kappa shape index (κ3) is 10.7. The molecule has 4 aliphatic heterocycles. The van der Waals surface area contributed by atoms with E-state index in [9.17, 15) is 36.7 Å². The summed E-state index contributed by atoms with van der Waals surface area (Å²) in [7, 11) is 0. The number of aromatic nitrogens is 2. The van der Waals surface area contributed by atoms with Gasteiger partial charge in [-0.1, -0.05) is 120 Å². The van der Waals surface area contributed by atoms with Crippen LogP contribution in [0.15, 0.2) is 262 Å². The molecule has 0 saturated heterocycles. The highest BCUT2D eigenvalue weighted by atomic mass is 35.5. The van der Waals surface area contributed by atoms with Gasteiger partial charge in [0.05, 0.1) is 77.2 Å². The number of halogens is 6. The summed E-state index contributed by atoms with van der Waals surface area (Å²) in [6.07, 6.45) is 3.39. The Balaban J connectivity index is 1.00. The molecule has 14 rings (SSSR count). The monoisotopic (exact) mass is 1250 g/mol. The zero-order valence-corrected chi connectivity index (χ0v) is 48.3. The minimum Gasteiger partial charge on any atom is -0.420 e. The van der Waals surface area contributed by atoms with Gasteiger partial charge in [-0.15, -0.1) is 0 Å². The summed E-state index contributed by atoms with van der Waals surface area (Å²) in [5, 5.41) is 1.32. The highest BCUT2D eigenvalue weighted by molar-refractivity contribution is 6.53. The molecule has 1 N–H and O–H groups in total. The van der Waals surface area contributed by atoms with Crippen LogP contribution < -0.4 is 35.2 Å². The van der Waals surface area contributed by atoms with Gasteiger partial charge in [0.1, 0.15) is 0 Å². The number of allylic oxidation sites excluding steroid dienone is 4. The van der Waals surface area contributed by atoms with Crippen molar-refractivity contribution in [1.29, 1.82) is 0 Å². The molecule has 0 saturated carbocycles. The van der Waals surface area contributed by atoms with Gasteiger partial charge in [0.15, 0.2) is 46.3 Å². The number of hydrogen-bond acceptors (Lipinski definition) is 11. The molecule has 0 unspecified atom stereocenters. The summed E-state index contributed by atoms with van der Waals surface area (Å²) in [5.41, 5.74) is 10.2. The van der Waals surface area contributed by atoms with Crippen molar-refractivity contribution in [3.63, 3.8) is 0 Å². The van der Waals surface area contributed by atoms with Gasteiger partial charge in [-0.2, -0.15) is 0 Å². The summed E-state index contributed by atoms with van der Waals surface area (Å²) >= 11 is 14.9. The van der Waals surface area contributed by atoms with Gasteiger partial charge in [-0.3, -0.25) is 0 Å². The number of nitrogens with zero attached hydrogens (tertiary/aromatic N) is 4. The van der Waals surface area contributed by atoms with Crippen molar-refractivity contribution in [2.24, 2.45) is 9.98 Å². The van der Waals surface area contributed by atoms with Crippen LogP contribution in [0.2, 0.25) is 0 Å². The van der Waals surface area contributed by atoms with E-state index in [1.165, 1.54) is 121 Å². The fourth-order valence-corrected chi connectivity index (χ4v) is 11.3. The third-order valence-corrected chi connectivity index (χ3v) is 15.8. The Hall–Kier alpha value is -11.7. The number of carbonyl (C=O) groups excluding carboxylic acids is 4. The predicted molar refractivity (Wildman–Crippen MR) is 334 cm³/mol. The quantitative estimate of drug-likeness (QED) is 0.0716. The Kier molecular flexibility index (Phi) is 14.7. The molecule has 91 heavy (non-hydrogen) atoms. The third-order valence-electron chi connectivity index (χ3n) is 15.2. The molecule has 8 aromatic carbocycles. The Morgan fingerprint density at radius 2 is 0.714 bits per heavy atom. The first-order valence-corrected chi connectivity index (χ1v) is 28.6. The van der Waals surface area contributed by atoms with Gasteiger partial charge < -0.3 is 18.9 Å². The SMILES string of the molecule is O=C(Oc1ccccc1F)c1ccc(/C2=C3\C=C(Cl)C(=N3)/C(c3ccc(C(=O)Oc4ccccc4F)cc3)=c3/cc/c4n3Nn3c2ccc3/C(c2ccc(C(=O)Oc3ccccc3F)cc2)=C2N=C(C=C\2Cl)/C=4c2ccc(C(=O)Oc3ccccc3F)cc2)cc1. The first kappa shape index (κ1) is 57.1.